The van der Waals surface area contributed by atoms with Gasteiger partial charge < -0.3 is 4.74 Å². The molecule has 0 bridgehead atoms. The van der Waals surface area contributed by atoms with Crippen molar-refractivity contribution < 1.29 is 17.9 Å². The van der Waals surface area contributed by atoms with Crippen LogP contribution in [0.1, 0.15) is 26.2 Å². The van der Waals surface area contributed by atoms with Crippen molar-refractivity contribution in [1.29, 1.82) is 0 Å². The Morgan fingerprint density at radius 2 is 2.35 bits per heavy atom. The van der Waals surface area contributed by atoms with Crippen molar-refractivity contribution in [3.05, 3.63) is 21.3 Å². The normalized spacial score (nSPS) is 25.8. The molecule has 4 nitrogen and oxygen atoms in total. The number of esters is 1. The first-order valence-electron chi connectivity index (χ1n) is 5.53. The van der Waals surface area contributed by atoms with Crippen molar-refractivity contribution in [3.63, 3.8) is 0 Å². The van der Waals surface area contributed by atoms with Gasteiger partial charge in [-0.25, -0.2) is 8.42 Å². The van der Waals surface area contributed by atoms with E-state index in [-0.39, 0.29) is 11.7 Å². The lowest BCUT2D eigenvalue weighted by molar-refractivity contribution is -0.145. The highest BCUT2D eigenvalue weighted by molar-refractivity contribution is 8.20. The minimum atomic E-state index is -3.13. The number of rotatable bonds is 3. The minimum Gasteiger partial charge on any atom is -0.453 e. The number of ether oxygens (including phenoxy) is 1. The molecule has 1 atom stereocenters. The topological polar surface area (TPSA) is 60.4 Å². The fourth-order valence-electron chi connectivity index (χ4n) is 1.85. The Kier molecular flexibility index (Phi) is 3.63. The standard InChI is InChI=1S/C11H14O4S2/c1-2-3-10(12)15-9-4-6-16-11-8(9)5-7-17(11,13)14/h4,6,9H,2-3,5,7H2,1H3. The molecule has 2 aliphatic rings. The fourth-order valence-corrected chi connectivity index (χ4v) is 4.86. The summed E-state index contributed by atoms with van der Waals surface area (Å²) in [5.74, 6) is -0.140. The molecule has 2 rings (SSSR count). The molecule has 0 N–H and O–H groups in total. The molecule has 17 heavy (non-hydrogen) atoms. The van der Waals surface area contributed by atoms with Crippen molar-refractivity contribution in [2.24, 2.45) is 0 Å². The summed E-state index contributed by atoms with van der Waals surface area (Å²) >= 11 is 1.20. The average Bonchev–Trinajstić information content (AvgIpc) is 2.57. The van der Waals surface area contributed by atoms with E-state index in [1.165, 1.54) is 11.8 Å². The van der Waals surface area contributed by atoms with Gasteiger partial charge in [-0.15, -0.1) is 0 Å². The molecule has 2 heterocycles. The smallest absolute Gasteiger partial charge is 0.306 e. The molecule has 94 valence electrons. The first kappa shape index (κ1) is 12.7. The number of thioether (sulfide) groups is 1. The van der Waals surface area contributed by atoms with Gasteiger partial charge in [0.25, 0.3) is 0 Å². The molecule has 0 aromatic rings. The van der Waals surface area contributed by atoms with Gasteiger partial charge in [-0.2, -0.15) is 0 Å². The molecular formula is C11H14O4S2. The van der Waals surface area contributed by atoms with E-state index >= 15 is 0 Å². The van der Waals surface area contributed by atoms with Crippen LogP contribution < -0.4 is 0 Å². The van der Waals surface area contributed by atoms with Crippen molar-refractivity contribution in [2.75, 3.05) is 5.75 Å². The lowest BCUT2D eigenvalue weighted by Gasteiger charge is -2.19. The van der Waals surface area contributed by atoms with Crippen LogP contribution in [-0.2, 0) is 19.4 Å². The predicted molar refractivity (Wildman–Crippen MR) is 66.9 cm³/mol. The van der Waals surface area contributed by atoms with Crippen LogP contribution in [-0.4, -0.2) is 26.2 Å². The number of carbonyl (C=O) groups is 1. The summed E-state index contributed by atoms with van der Waals surface area (Å²) in [6, 6.07) is 0. The zero-order chi connectivity index (χ0) is 12.5. The lowest BCUT2D eigenvalue weighted by atomic mass is 10.1. The zero-order valence-electron chi connectivity index (χ0n) is 9.51. The molecule has 6 heteroatoms. The van der Waals surface area contributed by atoms with E-state index in [0.717, 1.165) is 12.0 Å². The van der Waals surface area contributed by atoms with E-state index in [1.807, 2.05) is 6.92 Å². The van der Waals surface area contributed by atoms with Crippen molar-refractivity contribution in [1.82, 2.24) is 0 Å². The second-order valence-corrected chi connectivity index (χ2v) is 7.21. The van der Waals surface area contributed by atoms with Crippen LogP contribution in [0.4, 0.5) is 0 Å². The van der Waals surface area contributed by atoms with E-state index < -0.39 is 15.9 Å². The van der Waals surface area contributed by atoms with E-state index in [0.29, 0.717) is 17.1 Å². The molecule has 0 fully saturated rings. The number of sulfone groups is 1. The molecule has 0 aromatic carbocycles. The quantitative estimate of drug-likeness (QED) is 0.737. The molecule has 0 amide bonds. The highest BCUT2D eigenvalue weighted by Gasteiger charge is 2.36. The van der Waals surface area contributed by atoms with Gasteiger partial charge in [0.05, 0.1) is 5.75 Å². The maximum absolute atomic E-state index is 11.7. The highest BCUT2D eigenvalue weighted by atomic mass is 32.3. The average molecular weight is 274 g/mol. The summed E-state index contributed by atoms with van der Waals surface area (Å²) in [7, 11) is -3.13. The van der Waals surface area contributed by atoms with Crippen LogP contribution in [0.3, 0.4) is 0 Å². The third-order valence-corrected chi connectivity index (χ3v) is 6.06. The Balaban J connectivity index is 2.17. The van der Waals surface area contributed by atoms with Gasteiger partial charge in [-0.1, -0.05) is 18.7 Å². The lowest BCUT2D eigenvalue weighted by Crippen LogP contribution is -2.19. The summed E-state index contributed by atoms with van der Waals surface area (Å²) < 4.78 is 29.1. The molecular weight excluding hydrogens is 260 g/mol. The summed E-state index contributed by atoms with van der Waals surface area (Å²) in [4.78, 5) is 11.4. The summed E-state index contributed by atoms with van der Waals surface area (Å²) in [6.07, 6.45) is 2.83. The van der Waals surface area contributed by atoms with Crippen LogP contribution in [0.25, 0.3) is 0 Å². The van der Waals surface area contributed by atoms with Gasteiger partial charge in [-0.3, -0.25) is 4.79 Å². The molecule has 0 saturated carbocycles. The molecule has 0 radical (unpaired) electrons. The molecule has 2 aliphatic heterocycles. The second-order valence-electron chi connectivity index (χ2n) is 3.99. The Bertz CT molecular complexity index is 488. The summed E-state index contributed by atoms with van der Waals surface area (Å²) in [5, 5.41) is 1.69. The van der Waals surface area contributed by atoms with Gasteiger partial charge in [0.2, 0.25) is 0 Å². The Morgan fingerprint density at radius 1 is 1.59 bits per heavy atom. The van der Waals surface area contributed by atoms with E-state index in [4.69, 9.17) is 4.74 Å². The van der Waals surface area contributed by atoms with Gasteiger partial charge in [0.15, 0.2) is 9.84 Å². The summed E-state index contributed by atoms with van der Waals surface area (Å²) in [6.45, 7) is 1.90. The van der Waals surface area contributed by atoms with Gasteiger partial charge in [0, 0.05) is 12.0 Å². The Hall–Kier alpha value is -0.750. The van der Waals surface area contributed by atoms with Crippen molar-refractivity contribution in [3.8, 4) is 0 Å². The van der Waals surface area contributed by atoms with E-state index in [2.05, 4.69) is 0 Å². The third kappa shape index (κ3) is 2.57. The highest BCUT2D eigenvalue weighted by Crippen LogP contribution is 2.41. The number of hydrogen-bond acceptors (Lipinski definition) is 5. The van der Waals surface area contributed by atoms with Crippen LogP contribution >= 0.6 is 11.8 Å². The second kappa shape index (κ2) is 4.86. The minimum absolute atomic E-state index is 0.133. The van der Waals surface area contributed by atoms with Gasteiger partial charge in [-0.05, 0) is 24.3 Å². The monoisotopic (exact) mass is 274 g/mol. The van der Waals surface area contributed by atoms with E-state index in [1.54, 1.807) is 11.5 Å². The van der Waals surface area contributed by atoms with Crippen LogP contribution in [0.15, 0.2) is 21.3 Å². The largest absolute Gasteiger partial charge is 0.453 e. The SMILES string of the molecule is CCCC(=O)OC1C=CSC2=C1CCS2(=O)=O. The third-order valence-electron chi connectivity index (χ3n) is 2.67. The molecule has 0 saturated heterocycles. The maximum atomic E-state index is 11.7. The maximum Gasteiger partial charge on any atom is 0.306 e. The van der Waals surface area contributed by atoms with Gasteiger partial charge >= 0.3 is 5.97 Å². The fraction of sp³-hybridized carbons (Fsp3) is 0.545. The molecule has 0 aromatic heterocycles. The Labute approximate surface area is 105 Å². The number of hydrogen-bond donors (Lipinski definition) is 0. The van der Waals surface area contributed by atoms with Crippen LogP contribution in [0.2, 0.25) is 0 Å². The first-order valence-corrected chi connectivity index (χ1v) is 8.06. The molecule has 0 spiro atoms. The van der Waals surface area contributed by atoms with Crippen molar-refractivity contribution >= 4 is 27.6 Å². The molecule has 0 aliphatic carbocycles. The zero-order valence-corrected chi connectivity index (χ0v) is 11.1. The Morgan fingerprint density at radius 3 is 3.06 bits per heavy atom. The van der Waals surface area contributed by atoms with Crippen molar-refractivity contribution in [2.45, 2.75) is 32.3 Å². The van der Waals surface area contributed by atoms with Crippen LogP contribution in [0.5, 0.6) is 0 Å². The first-order chi connectivity index (χ1) is 8.04. The molecule has 1 unspecified atom stereocenters. The van der Waals surface area contributed by atoms with Gasteiger partial charge in [0.1, 0.15) is 10.3 Å². The number of carbonyl (C=O) groups excluding carboxylic acids is 1. The summed E-state index contributed by atoms with van der Waals surface area (Å²) in [5.41, 5.74) is 0.738. The predicted octanol–water partition coefficient (Wildman–Crippen LogP) is 1.99. The van der Waals surface area contributed by atoms with Crippen LogP contribution in [0, 0.1) is 0 Å². The van der Waals surface area contributed by atoms with E-state index in [9.17, 15) is 13.2 Å².